The molecule has 4 nitrogen and oxygen atoms in total. The molecule has 0 atom stereocenters. The maximum atomic E-state index is 13.4. The lowest BCUT2D eigenvalue weighted by Gasteiger charge is -2.01. The number of pyridine rings is 1. The van der Waals surface area contributed by atoms with Gasteiger partial charge in [-0.05, 0) is 36.8 Å². The molecule has 20 heavy (non-hydrogen) atoms. The Kier molecular flexibility index (Phi) is 2.65. The number of nitrogen functional groups attached to an aromatic ring is 1. The molecule has 0 amide bonds. The summed E-state index contributed by atoms with van der Waals surface area (Å²) in [6.07, 6.45) is 1.88. The molecule has 0 saturated carbocycles. The molecule has 3 rings (SSSR count). The summed E-state index contributed by atoms with van der Waals surface area (Å²) < 4.78 is 15.1. The standard InChI is InChI=1S/C15H11FN4/c1-9-2-5-13-19-14(15(18)20(13)8-9)10-3-4-12(16)11(6-10)7-17/h2-6,8H,18H2,1H3. The largest absolute Gasteiger partial charge is 0.383 e. The summed E-state index contributed by atoms with van der Waals surface area (Å²) in [6.45, 7) is 1.96. The van der Waals surface area contributed by atoms with Gasteiger partial charge in [-0.2, -0.15) is 5.26 Å². The van der Waals surface area contributed by atoms with Crippen LogP contribution in [0.5, 0.6) is 0 Å². The third kappa shape index (κ3) is 1.79. The first kappa shape index (κ1) is 12.2. The summed E-state index contributed by atoms with van der Waals surface area (Å²) in [5.41, 5.74) is 9.02. The van der Waals surface area contributed by atoms with Crippen molar-refractivity contribution >= 4 is 11.5 Å². The minimum absolute atomic E-state index is 0.0184. The molecule has 0 radical (unpaired) electrons. The van der Waals surface area contributed by atoms with Gasteiger partial charge in [-0.3, -0.25) is 4.40 Å². The van der Waals surface area contributed by atoms with Crippen LogP contribution in [0.25, 0.3) is 16.9 Å². The van der Waals surface area contributed by atoms with Crippen LogP contribution in [0.2, 0.25) is 0 Å². The smallest absolute Gasteiger partial charge is 0.140 e. The van der Waals surface area contributed by atoms with E-state index >= 15 is 0 Å². The Labute approximate surface area is 114 Å². The number of anilines is 1. The van der Waals surface area contributed by atoms with E-state index in [0.29, 0.717) is 22.7 Å². The van der Waals surface area contributed by atoms with Crippen LogP contribution in [0.1, 0.15) is 11.1 Å². The van der Waals surface area contributed by atoms with Gasteiger partial charge in [-0.1, -0.05) is 6.07 Å². The number of imidazole rings is 1. The van der Waals surface area contributed by atoms with E-state index in [9.17, 15) is 4.39 Å². The fourth-order valence-electron chi connectivity index (χ4n) is 2.14. The molecule has 0 spiro atoms. The SMILES string of the molecule is Cc1ccc2nc(-c3ccc(F)c(C#N)c3)c(N)n2c1. The number of nitrogens with two attached hydrogens (primary N) is 1. The normalized spacial score (nSPS) is 10.7. The van der Waals surface area contributed by atoms with E-state index in [1.165, 1.54) is 12.1 Å². The maximum absolute atomic E-state index is 13.4. The molecule has 0 saturated heterocycles. The molecular formula is C15H11FN4. The zero-order chi connectivity index (χ0) is 14.3. The van der Waals surface area contributed by atoms with Crippen molar-refractivity contribution in [2.45, 2.75) is 6.92 Å². The van der Waals surface area contributed by atoms with Gasteiger partial charge in [0.2, 0.25) is 0 Å². The van der Waals surface area contributed by atoms with Gasteiger partial charge in [0.25, 0.3) is 0 Å². The van der Waals surface area contributed by atoms with Crippen LogP contribution in [-0.2, 0) is 0 Å². The second kappa shape index (κ2) is 4.35. The number of nitrogens with zero attached hydrogens (tertiary/aromatic N) is 3. The van der Waals surface area contributed by atoms with Gasteiger partial charge in [0, 0.05) is 11.8 Å². The Bertz CT molecular complexity index is 858. The Hall–Kier alpha value is -2.87. The minimum atomic E-state index is -0.547. The van der Waals surface area contributed by atoms with E-state index in [1.54, 1.807) is 10.5 Å². The first-order valence-corrected chi connectivity index (χ1v) is 6.04. The van der Waals surface area contributed by atoms with Crippen molar-refractivity contribution in [3.63, 3.8) is 0 Å². The molecule has 2 heterocycles. The van der Waals surface area contributed by atoms with Crippen molar-refractivity contribution in [1.29, 1.82) is 5.26 Å². The maximum Gasteiger partial charge on any atom is 0.140 e. The predicted molar refractivity (Wildman–Crippen MR) is 74.5 cm³/mol. The average Bonchev–Trinajstić information content (AvgIpc) is 2.77. The van der Waals surface area contributed by atoms with Crippen molar-refractivity contribution in [2.24, 2.45) is 0 Å². The van der Waals surface area contributed by atoms with Crippen molar-refractivity contribution < 1.29 is 4.39 Å². The second-order valence-corrected chi connectivity index (χ2v) is 4.59. The molecule has 98 valence electrons. The van der Waals surface area contributed by atoms with Crippen molar-refractivity contribution in [1.82, 2.24) is 9.38 Å². The van der Waals surface area contributed by atoms with Crippen LogP contribution in [-0.4, -0.2) is 9.38 Å². The van der Waals surface area contributed by atoms with Crippen LogP contribution < -0.4 is 5.73 Å². The van der Waals surface area contributed by atoms with Crippen LogP contribution in [0.3, 0.4) is 0 Å². The van der Waals surface area contributed by atoms with Gasteiger partial charge < -0.3 is 5.73 Å². The number of benzene rings is 1. The average molecular weight is 266 g/mol. The third-order valence-electron chi connectivity index (χ3n) is 3.16. The summed E-state index contributed by atoms with van der Waals surface area (Å²) in [5.74, 6) is -0.0753. The van der Waals surface area contributed by atoms with E-state index in [0.717, 1.165) is 5.56 Å². The number of rotatable bonds is 1. The summed E-state index contributed by atoms with van der Waals surface area (Å²) in [5, 5.41) is 8.89. The highest BCUT2D eigenvalue weighted by molar-refractivity contribution is 5.75. The summed E-state index contributed by atoms with van der Waals surface area (Å²) in [6, 6.07) is 9.91. The number of fused-ring (bicyclic) bond motifs is 1. The van der Waals surface area contributed by atoms with Gasteiger partial charge >= 0.3 is 0 Å². The highest BCUT2D eigenvalue weighted by Gasteiger charge is 2.13. The van der Waals surface area contributed by atoms with Crippen LogP contribution in [0, 0.1) is 24.1 Å². The first-order chi connectivity index (χ1) is 9.60. The molecular weight excluding hydrogens is 255 g/mol. The number of halogens is 1. The molecule has 3 aromatic rings. The van der Waals surface area contributed by atoms with Gasteiger partial charge in [-0.25, -0.2) is 9.37 Å². The Morgan fingerprint density at radius 1 is 1.30 bits per heavy atom. The topological polar surface area (TPSA) is 67.1 Å². The van der Waals surface area contributed by atoms with Crippen molar-refractivity contribution in [2.75, 3.05) is 5.73 Å². The number of aromatic nitrogens is 2. The van der Waals surface area contributed by atoms with Gasteiger partial charge in [0.1, 0.15) is 29.0 Å². The van der Waals surface area contributed by atoms with Crippen molar-refractivity contribution in [3.8, 4) is 17.3 Å². The fraction of sp³-hybridized carbons (Fsp3) is 0.0667. The Morgan fingerprint density at radius 2 is 2.10 bits per heavy atom. The van der Waals surface area contributed by atoms with Gasteiger partial charge in [0.05, 0.1) is 5.56 Å². The molecule has 0 aliphatic rings. The molecule has 1 aromatic carbocycles. The molecule has 0 bridgehead atoms. The number of nitriles is 1. The fourth-order valence-corrected chi connectivity index (χ4v) is 2.14. The second-order valence-electron chi connectivity index (χ2n) is 4.59. The molecule has 0 fully saturated rings. The summed E-state index contributed by atoms with van der Waals surface area (Å²) >= 11 is 0. The van der Waals surface area contributed by atoms with Crippen LogP contribution in [0.4, 0.5) is 10.2 Å². The van der Waals surface area contributed by atoms with Crippen LogP contribution in [0.15, 0.2) is 36.5 Å². The highest BCUT2D eigenvalue weighted by atomic mass is 19.1. The Balaban J connectivity index is 2.25. The summed E-state index contributed by atoms with van der Waals surface area (Å²) in [4.78, 5) is 4.43. The number of hydrogen-bond donors (Lipinski definition) is 1. The zero-order valence-corrected chi connectivity index (χ0v) is 10.8. The van der Waals surface area contributed by atoms with E-state index in [1.807, 2.05) is 31.3 Å². The lowest BCUT2D eigenvalue weighted by atomic mass is 10.1. The third-order valence-corrected chi connectivity index (χ3v) is 3.16. The lowest BCUT2D eigenvalue weighted by molar-refractivity contribution is 0.624. The van der Waals surface area contributed by atoms with E-state index < -0.39 is 5.82 Å². The van der Waals surface area contributed by atoms with Gasteiger partial charge in [-0.15, -0.1) is 0 Å². The van der Waals surface area contributed by atoms with E-state index in [-0.39, 0.29) is 5.56 Å². The summed E-state index contributed by atoms with van der Waals surface area (Å²) in [7, 11) is 0. The molecule has 0 aliphatic carbocycles. The molecule has 5 heteroatoms. The predicted octanol–water partition coefficient (Wildman–Crippen LogP) is 2.90. The molecule has 2 aromatic heterocycles. The molecule has 0 aliphatic heterocycles. The van der Waals surface area contributed by atoms with E-state index in [2.05, 4.69) is 4.98 Å². The molecule has 0 unspecified atom stereocenters. The van der Waals surface area contributed by atoms with Crippen LogP contribution >= 0.6 is 0 Å². The monoisotopic (exact) mass is 266 g/mol. The quantitative estimate of drug-likeness (QED) is 0.736. The first-order valence-electron chi connectivity index (χ1n) is 6.04. The highest BCUT2D eigenvalue weighted by Crippen LogP contribution is 2.28. The van der Waals surface area contributed by atoms with Crippen molar-refractivity contribution in [3.05, 3.63) is 53.5 Å². The number of hydrogen-bond acceptors (Lipinski definition) is 3. The molecule has 2 N–H and O–H groups in total. The number of aryl methyl sites for hydroxylation is 1. The zero-order valence-electron chi connectivity index (χ0n) is 10.8. The minimum Gasteiger partial charge on any atom is -0.383 e. The Morgan fingerprint density at radius 3 is 2.85 bits per heavy atom. The van der Waals surface area contributed by atoms with Gasteiger partial charge in [0.15, 0.2) is 0 Å². The van der Waals surface area contributed by atoms with E-state index in [4.69, 9.17) is 11.0 Å². The lowest BCUT2D eigenvalue weighted by Crippen LogP contribution is -1.95.